The summed E-state index contributed by atoms with van der Waals surface area (Å²) in [4.78, 5) is 12.8. The molecule has 0 saturated heterocycles. The molecule has 0 saturated carbocycles. The minimum atomic E-state index is -0.924. The summed E-state index contributed by atoms with van der Waals surface area (Å²) in [5.41, 5.74) is 0.971. The van der Waals surface area contributed by atoms with E-state index < -0.39 is 5.97 Å². The molecule has 0 aliphatic carbocycles. The van der Waals surface area contributed by atoms with Crippen molar-refractivity contribution in [2.24, 2.45) is 7.05 Å². The Hall–Kier alpha value is -1.53. The molecule has 0 amide bonds. The quantitative estimate of drug-likeness (QED) is 0.676. The van der Waals surface area contributed by atoms with Crippen molar-refractivity contribution in [2.75, 3.05) is 0 Å². The van der Waals surface area contributed by atoms with Gasteiger partial charge in [-0.25, -0.2) is 4.79 Å². The van der Waals surface area contributed by atoms with Gasteiger partial charge in [0, 0.05) is 34.8 Å². The maximum Gasteiger partial charge on any atom is 0.328 e. The van der Waals surface area contributed by atoms with Gasteiger partial charge in [-0.1, -0.05) is 0 Å². The number of rotatable bonds is 5. The number of thiophene rings is 1. The summed E-state index contributed by atoms with van der Waals surface area (Å²) in [7, 11) is 1.89. The summed E-state index contributed by atoms with van der Waals surface area (Å²) in [6.45, 7) is 0. The number of thioether (sulfide) groups is 1. The number of nitrogens with zero attached hydrogens (tertiary/aromatic N) is 2. The smallest absolute Gasteiger partial charge is 0.328 e. The number of hydrogen-bond acceptors (Lipinski definition) is 4. The molecule has 6 heteroatoms. The van der Waals surface area contributed by atoms with E-state index in [0.717, 1.165) is 16.2 Å². The molecular formula is C12H12N2O2S2. The molecule has 0 atom stereocenters. The van der Waals surface area contributed by atoms with Crippen molar-refractivity contribution in [3.8, 4) is 0 Å². The third-order valence-corrected chi connectivity index (χ3v) is 4.33. The van der Waals surface area contributed by atoms with Crippen LogP contribution < -0.4 is 0 Å². The fraction of sp³-hybridized carbons (Fsp3) is 0.167. The first-order valence-electron chi connectivity index (χ1n) is 5.24. The van der Waals surface area contributed by atoms with Crippen LogP contribution in [-0.2, 0) is 17.6 Å². The number of aliphatic carboxylic acids is 1. The highest BCUT2D eigenvalue weighted by Gasteiger charge is 2.04. The van der Waals surface area contributed by atoms with Crippen LogP contribution in [0.4, 0.5) is 0 Å². The van der Waals surface area contributed by atoms with E-state index >= 15 is 0 Å². The lowest BCUT2D eigenvalue weighted by atomic mass is 10.2. The maximum absolute atomic E-state index is 10.5. The van der Waals surface area contributed by atoms with Gasteiger partial charge in [0.15, 0.2) is 0 Å². The maximum atomic E-state index is 10.5. The first-order valence-corrected chi connectivity index (χ1v) is 7.10. The van der Waals surface area contributed by atoms with Gasteiger partial charge in [0.25, 0.3) is 0 Å². The van der Waals surface area contributed by atoms with Crippen LogP contribution in [0.15, 0.2) is 34.8 Å². The van der Waals surface area contributed by atoms with Crippen molar-refractivity contribution in [1.82, 2.24) is 9.78 Å². The molecule has 1 N–H and O–H groups in total. The average molecular weight is 280 g/mol. The SMILES string of the molecule is Cn1cc(SCc2sccc2C=CC(=O)O)cn1. The van der Waals surface area contributed by atoms with Crippen LogP contribution in [-0.4, -0.2) is 20.9 Å². The zero-order chi connectivity index (χ0) is 13.0. The van der Waals surface area contributed by atoms with E-state index in [4.69, 9.17) is 5.11 Å². The van der Waals surface area contributed by atoms with E-state index in [1.165, 1.54) is 11.0 Å². The van der Waals surface area contributed by atoms with Crippen LogP contribution in [0.5, 0.6) is 0 Å². The number of aryl methyl sites for hydroxylation is 1. The third kappa shape index (κ3) is 3.48. The first-order chi connectivity index (χ1) is 8.65. The molecule has 0 spiro atoms. The molecule has 0 aromatic carbocycles. The highest BCUT2D eigenvalue weighted by Crippen LogP contribution is 2.28. The van der Waals surface area contributed by atoms with Crippen molar-refractivity contribution in [2.45, 2.75) is 10.6 Å². The number of carbonyl (C=O) groups is 1. The Labute approximate surface area is 113 Å². The Morgan fingerprint density at radius 2 is 2.50 bits per heavy atom. The molecule has 2 aromatic heterocycles. The van der Waals surface area contributed by atoms with Crippen molar-refractivity contribution in [1.29, 1.82) is 0 Å². The molecule has 0 unspecified atom stereocenters. The van der Waals surface area contributed by atoms with E-state index in [-0.39, 0.29) is 0 Å². The molecule has 94 valence electrons. The summed E-state index contributed by atoms with van der Waals surface area (Å²) in [5.74, 6) is -0.102. The van der Waals surface area contributed by atoms with Crippen molar-refractivity contribution < 1.29 is 9.90 Å². The zero-order valence-corrected chi connectivity index (χ0v) is 11.4. The summed E-state index contributed by atoms with van der Waals surface area (Å²) in [6.07, 6.45) is 6.59. The largest absolute Gasteiger partial charge is 0.478 e. The Morgan fingerprint density at radius 1 is 1.67 bits per heavy atom. The Kier molecular flexibility index (Phi) is 4.22. The molecule has 0 radical (unpaired) electrons. The summed E-state index contributed by atoms with van der Waals surface area (Å²) < 4.78 is 1.77. The van der Waals surface area contributed by atoms with Crippen molar-refractivity contribution >= 4 is 35.1 Å². The second kappa shape index (κ2) is 5.88. The van der Waals surface area contributed by atoms with Crippen LogP contribution >= 0.6 is 23.1 Å². The highest BCUT2D eigenvalue weighted by atomic mass is 32.2. The third-order valence-electron chi connectivity index (χ3n) is 2.24. The molecule has 0 aliphatic rings. The lowest BCUT2D eigenvalue weighted by Gasteiger charge is -1.98. The normalized spacial score (nSPS) is 11.2. The van der Waals surface area contributed by atoms with E-state index in [1.54, 1.807) is 33.9 Å². The fourth-order valence-corrected chi connectivity index (χ4v) is 3.31. The molecule has 0 bridgehead atoms. The Morgan fingerprint density at radius 3 is 3.17 bits per heavy atom. The van der Waals surface area contributed by atoms with Crippen molar-refractivity contribution in [3.63, 3.8) is 0 Å². The average Bonchev–Trinajstić information content (AvgIpc) is 2.92. The van der Waals surface area contributed by atoms with Crippen LogP contribution in [0.25, 0.3) is 6.08 Å². The van der Waals surface area contributed by atoms with E-state index in [1.807, 2.05) is 30.9 Å². The van der Waals surface area contributed by atoms with Gasteiger partial charge in [-0.15, -0.1) is 23.1 Å². The molecular weight excluding hydrogens is 268 g/mol. The number of carboxylic acids is 1. The summed E-state index contributed by atoms with van der Waals surface area (Å²) >= 11 is 3.33. The molecule has 0 fully saturated rings. The van der Waals surface area contributed by atoms with Crippen LogP contribution in [0.1, 0.15) is 10.4 Å². The van der Waals surface area contributed by atoms with Crippen molar-refractivity contribution in [3.05, 3.63) is 40.4 Å². The van der Waals surface area contributed by atoms with Gasteiger partial charge >= 0.3 is 5.97 Å². The van der Waals surface area contributed by atoms with Gasteiger partial charge in [0.1, 0.15) is 0 Å². The van der Waals surface area contributed by atoms with E-state index in [0.29, 0.717) is 0 Å². The number of carboxylic acid groups (broad SMARTS) is 1. The van der Waals surface area contributed by atoms with Crippen LogP contribution in [0, 0.1) is 0 Å². The summed E-state index contributed by atoms with van der Waals surface area (Å²) in [6, 6.07) is 1.93. The number of aromatic nitrogens is 2. The van der Waals surface area contributed by atoms with Gasteiger partial charge in [-0.2, -0.15) is 5.10 Å². The predicted octanol–water partition coefficient (Wildman–Crippen LogP) is 2.87. The first kappa shape index (κ1) is 12.9. The standard InChI is InChI=1S/C12H12N2O2S2/c1-14-7-10(6-13-14)18-8-11-9(4-5-17-11)2-3-12(15)16/h2-7H,8H2,1H3,(H,15,16). The van der Waals surface area contributed by atoms with Crippen LogP contribution in [0.3, 0.4) is 0 Å². The van der Waals surface area contributed by atoms with Gasteiger partial charge in [0.2, 0.25) is 0 Å². The predicted molar refractivity (Wildman–Crippen MR) is 73.8 cm³/mol. The fourth-order valence-electron chi connectivity index (χ4n) is 1.40. The lowest BCUT2D eigenvalue weighted by Crippen LogP contribution is -1.86. The topological polar surface area (TPSA) is 55.1 Å². The van der Waals surface area contributed by atoms with E-state index in [9.17, 15) is 4.79 Å². The van der Waals surface area contributed by atoms with Crippen LogP contribution in [0.2, 0.25) is 0 Å². The molecule has 2 heterocycles. The molecule has 18 heavy (non-hydrogen) atoms. The Balaban J connectivity index is 2.01. The summed E-state index contributed by atoms with van der Waals surface area (Å²) in [5, 5.41) is 14.7. The highest BCUT2D eigenvalue weighted by molar-refractivity contribution is 7.98. The van der Waals surface area contributed by atoms with Gasteiger partial charge in [-0.05, 0) is 23.1 Å². The van der Waals surface area contributed by atoms with Gasteiger partial charge in [0.05, 0.1) is 6.20 Å². The zero-order valence-electron chi connectivity index (χ0n) is 9.74. The molecule has 2 aromatic rings. The second-order valence-corrected chi connectivity index (χ2v) is 5.66. The number of hydrogen-bond donors (Lipinski definition) is 1. The van der Waals surface area contributed by atoms with E-state index in [2.05, 4.69) is 5.10 Å². The molecule has 4 nitrogen and oxygen atoms in total. The molecule has 2 rings (SSSR count). The monoisotopic (exact) mass is 280 g/mol. The van der Waals surface area contributed by atoms with Gasteiger partial charge < -0.3 is 5.11 Å². The molecule has 0 aliphatic heterocycles. The minimum Gasteiger partial charge on any atom is -0.478 e. The second-order valence-electron chi connectivity index (χ2n) is 3.61. The van der Waals surface area contributed by atoms with Gasteiger partial charge in [-0.3, -0.25) is 4.68 Å². The minimum absolute atomic E-state index is 0.822. The Bertz CT molecular complexity index is 572. The lowest BCUT2D eigenvalue weighted by molar-refractivity contribution is -0.131.